The van der Waals surface area contributed by atoms with Crippen LogP contribution in [0, 0.1) is 5.92 Å². The maximum atomic E-state index is 11.4. The van der Waals surface area contributed by atoms with Crippen molar-refractivity contribution in [1.82, 2.24) is 0 Å². The van der Waals surface area contributed by atoms with E-state index in [1.165, 1.54) is 6.92 Å². The molecule has 1 saturated heterocycles. The number of carbonyl (C=O) groups is 2. The van der Waals surface area contributed by atoms with Crippen LogP contribution < -0.4 is 0 Å². The molecule has 7 heteroatoms. The molecule has 0 amide bonds. The first-order chi connectivity index (χ1) is 6.81. The van der Waals surface area contributed by atoms with Crippen LogP contribution in [0.2, 0.25) is 0 Å². The predicted molar refractivity (Wildman–Crippen MR) is 49.5 cm³/mol. The lowest BCUT2D eigenvalue weighted by molar-refractivity contribution is -0.153. The summed E-state index contributed by atoms with van der Waals surface area (Å²) in [5.41, 5.74) is 0. The molecule has 0 aromatic rings. The van der Waals surface area contributed by atoms with Gasteiger partial charge < -0.3 is 4.74 Å². The molecule has 0 saturated carbocycles. The van der Waals surface area contributed by atoms with E-state index in [0.717, 1.165) is 0 Å². The number of rotatable bonds is 3. The quantitative estimate of drug-likeness (QED) is 0.425. The predicted octanol–water partition coefficient (Wildman–Crippen LogP) is 0.133. The molecule has 0 aliphatic carbocycles. The van der Waals surface area contributed by atoms with Gasteiger partial charge in [-0.05, 0) is 12.8 Å². The average molecular weight is 236 g/mol. The highest BCUT2D eigenvalue weighted by atomic mass is 32.2. The second kappa shape index (κ2) is 3.57. The summed E-state index contributed by atoms with van der Waals surface area (Å²) < 4.78 is 33.7. The van der Waals surface area contributed by atoms with Gasteiger partial charge in [0.1, 0.15) is 0 Å². The fourth-order valence-corrected chi connectivity index (χ4v) is 3.18. The molecule has 15 heavy (non-hydrogen) atoms. The van der Waals surface area contributed by atoms with Gasteiger partial charge in [-0.15, -0.1) is 0 Å². The molecule has 1 aliphatic heterocycles. The van der Waals surface area contributed by atoms with Gasteiger partial charge in [0.25, 0.3) is 10.1 Å². The Morgan fingerprint density at radius 3 is 2.20 bits per heavy atom. The van der Waals surface area contributed by atoms with E-state index in [-0.39, 0.29) is 12.8 Å². The molecule has 1 fully saturated rings. The normalized spacial score (nSPS) is 31.8. The maximum absolute atomic E-state index is 11.4. The van der Waals surface area contributed by atoms with Crippen molar-refractivity contribution in [2.75, 3.05) is 0 Å². The van der Waals surface area contributed by atoms with E-state index in [9.17, 15) is 18.0 Å². The summed E-state index contributed by atoms with van der Waals surface area (Å²) in [4.78, 5) is 22.6. The van der Waals surface area contributed by atoms with Crippen LogP contribution in [-0.4, -0.2) is 29.7 Å². The van der Waals surface area contributed by atoms with Gasteiger partial charge in [-0.1, -0.05) is 13.8 Å². The average Bonchev–Trinajstić information content (AvgIpc) is 2.35. The topological polar surface area (TPSA) is 97.7 Å². The number of carbonyl (C=O) groups excluding carboxylic acids is 2. The van der Waals surface area contributed by atoms with Gasteiger partial charge in [0, 0.05) is 0 Å². The zero-order chi connectivity index (χ0) is 11.9. The summed E-state index contributed by atoms with van der Waals surface area (Å²) in [7, 11) is -4.65. The molecular weight excluding hydrogens is 224 g/mol. The first kappa shape index (κ1) is 12.1. The SMILES string of the molecule is CCC1C(=O)OC(=O)C1(CC)S(=O)(=O)O. The standard InChI is InChI=1S/C8H12O6S/c1-3-5-6(9)14-7(10)8(5,4-2)15(11,12)13/h5H,3-4H2,1-2H3,(H,11,12,13). The minimum absolute atomic E-state index is 0.123. The van der Waals surface area contributed by atoms with Crippen molar-refractivity contribution in [1.29, 1.82) is 0 Å². The number of ether oxygens (including phenoxy) is 1. The fourth-order valence-electron chi connectivity index (χ4n) is 1.94. The Kier molecular flexibility index (Phi) is 2.88. The lowest BCUT2D eigenvalue weighted by atomic mass is 9.89. The Morgan fingerprint density at radius 1 is 1.40 bits per heavy atom. The molecule has 2 unspecified atom stereocenters. The third kappa shape index (κ3) is 1.46. The van der Waals surface area contributed by atoms with Crippen LogP contribution in [0.15, 0.2) is 0 Å². The number of hydrogen-bond acceptors (Lipinski definition) is 5. The largest absolute Gasteiger partial charge is 0.392 e. The van der Waals surface area contributed by atoms with Gasteiger partial charge in [-0.25, -0.2) is 4.79 Å². The van der Waals surface area contributed by atoms with E-state index in [1.807, 2.05) is 0 Å². The maximum Gasteiger partial charge on any atom is 0.338 e. The van der Waals surface area contributed by atoms with Crippen molar-refractivity contribution in [2.24, 2.45) is 5.92 Å². The zero-order valence-electron chi connectivity index (χ0n) is 8.39. The molecule has 0 spiro atoms. The Labute approximate surface area is 87.4 Å². The van der Waals surface area contributed by atoms with Gasteiger partial charge in [0.2, 0.25) is 4.75 Å². The monoisotopic (exact) mass is 236 g/mol. The molecule has 0 bridgehead atoms. The molecule has 0 radical (unpaired) electrons. The Balaban J connectivity index is 3.40. The van der Waals surface area contributed by atoms with E-state index in [0.29, 0.717) is 0 Å². The van der Waals surface area contributed by atoms with Crippen LogP contribution in [0.5, 0.6) is 0 Å². The lowest BCUT2D eigenvalue weighted by Crippen LogP contribution is -2.48. The summed E-state index contributed by atoms with van der Waals surface area (Å²) in [6.45, 7) is 2.97. The van der Waals surface area contributed by atoms with Crippen molar-refractivity contribution in [3.8, 4) is 0 Å². The van der Waals surface area contributed by atoms with E-state index in [4.69, 9.17) is 4.55 Å². The van der Waals surface area contributed by atoms with E-state index >= 15 is 0 Å². The van der Waals surface area contributed by atoms with E-state index in [1.54, 1.807) is 6.92 Å². The van der Waals surface area contributed by atoms with Crippen LogP contribution in [0.25, 0.3) is 0 Å². The van der Waals surface area contributed by atoms with Crippen LogP contribution >= 0.6 is 0 Å². The molecule has 1 N–H and O–H groups in total. The van der Waals surface area contributed by atoms with Crippen LogP contribution in [0.4, 0.5) is 0 Å². The Morgan fingerprint density at radius 2 is 1.93 bits per heavy atom. The molecule has 6 nitrogen and oxygen atoms in total. The Bertz CT molecular complexity index is 397. The van der Waals surface area contributed by atoms with E-state index < -0.39 is 32.7 Å². The molecule has 1 rings (SSSR count). The van der Waals surface area contributed by atoms with E-state index in [2.05, 4.69) is 4.74 Å². The fraction of sp³-hybridized carbons (Fsp3) is 0.750. The highest BCUT2D eigenvalue weighted by Gasteiger charge is 2.64. The van der Waals surface area contributed by atoms with Crippen molar-refractivity contribution >= 4 is 22.1 Å². The van der Waals surface area contributed by atoms with Gasteiger partial charge in [-0.3, -0.25) is 9.35 Å². The van der Waals surface area contributed by atoms with Crippen LogP contribution in [-0.2, 0) is 24.4 Å². The molecule has 2 atom stereocenters. The van der Waals surface area contributed by atoms with Crippen LogP contribution in [0.3, 0.4) is 0 Å². The number of cyclic esters (lactones) is 2. The van der Waals surface area contributed by atoms with Gasteiger partial charge >= 0.3 is 11.9 Å². The van der Waals surface area contributed by atoms with Gasteiger partial charge in [0.15, 0.2) is 0 Å². The minimum atomic E-state index is -4.65. The zero-order valence-corrected chi connectivity index (χ0v) is 9.20. The third-order valence-corrected chi connectivity index (χ3v) is 4.44. The molecule has 0 aromatic heterocycles. The molecule has 1 aliphatic rings. The first-order valence-electron chi connectivity index (χ1n) is 4.54. The second-order valence-electron chi connectivity index (χ2n) is 3.39. The lowest BCUT2D eigenvalue weighted by Gasteiger charge is -2.23. The third-order valence-electron chi connectivity index (χ3n) is 2.78. The summed E-state index contributed by atoms with van der Waals surface area (Å²) in [5.74, 6) is -3.18. The summed E-state index contributed by atoms with van der Waals surface area (Å²) in [6.07, 6.45) is -0.0624. The number of esters is 2. The Hall–Kier alpha value is -0.950. The molecule has 86 valence electrons. The minimum Gasteiger partial charge on any atom is -0.392 e. The number of hydrogen-bond donors (Lipinski definition) is 1. The van der Waals surface area contributed by atoms with Gasteiger partial charge in [0.05, 0.1) is 5.92 Å². The second-order valence-corrected chi connectivity index (χ2v) is 5.07. The van der Waals surface area contributed by atoms with Crippen LogP contribution in [0.1, 0.15) is 26.7 Å². The smallest absolute Gasteiger partial charge is 0.338 e. The molecule has 0 aromatic carbocycles. The van der Waals surface area contributed by atoms with Gasteiger partial charge in [-0.2, -0.15) is 8.42 Å². The van der Waals surface area contributed by atoms with Crippen molar-refractivity contribution < 1.29 is 27.3 Å². The molecule has 1 heterocycles. The summed E-state index contributed by atoms with van der Waals surface area (Å²) in [5, 5.41) is 0. The molecular formula is C8H12O6S. The first-order valence-corrected chi connectivity index (χ1v) is 5.98. The van der Waals surface area contributed by atoms with Crippen molar-refractivity contribution in [3.63, 3.8) is 0 Å². The van der Waals surface area contributed by atoms with Crippen molar-refractivity contribution in [3.05, 3.63) is 0 Å². The van der Waals surface area contributed by atoms with Crippen molar-refractivity contribution in [2.45, 2.75) is 31.4 Å². The highest BCUT2D eigenvalue weighted by Crippen LogP contribution is 2.39. The summed E-state index contributed by atoms with van der Waals surface area (Å²) >= 11 is 0. The highest BCUT2D eigenvalue weighted by molar-refractivity contribution is 7.88. The summed E-state index contributed by atoms with van der Waals surface area (Å²) in [6, 6.07) is 0.